The van der Waals surface area contributed by atoms with Crippen LogP contribution in [0.5, 0.6) is 0 Å². The molecule has 0 aromatic heterocycles. The van der Waals surface area contributed by atoms with Crippen LogP contribution in [0.3, 0.4) is 0 Å². The van der Waals surface area contributed by atoms with Crippen LogP contribution < -0.4 is 5.32 Å². The minimum Gasteiger partial charge on any atom is -0.385 e. The highest BCUT2D eigenvalue weighted by molar-refractivity contribution is 5.26. The van der Waals surface area contributed by atoms with Crippen molar-refractivity contribution in [2.45, 2.75) is 45.1 Å². The summed E-state index contributed by atoms with van der Waals surface area (Å²) in [4.78, 5) is 0. The van der Waals surface area contributed by atoms with Gasteiger partial charge in [-0.2, -0.15) is 0 Å². The molecule has 1 aromatic rings. The monoisotopic (exact) mass is 275 g/mol. The molecule has 0 spiro atoms. The maximum Gasteiger partial charge on any atom is 0.0465 e. The van der Waals surface area contributed by atoms with Crippen molar-refractivity contribution < 1.29 is 4.74 Å². The second-order valence-corrected chi connectivity index (χ2v) is 6.16. The maximum absolute atomic E-state index is 5.25. The fourth-order valence-corrected chi connectivity index (χ4v) is 3.26. The molecule has 4 atom stereocenters. The molecule has 2 nitrogen and oxygen atoms in total. The molecular weight excluding hydrogens is 246 g/mol. The molecule has 2 rings (SSSR count). The number of ether oxygens (including phenoxy) is 1. The van der Waals surface area contributed by atoms with Crippen LogP contribution in [0.2, 0.25) is 0 Å². The Morgan fingerprint density at radius 3 is 2.70 bits per heavy atom. The normalized spacial score (nSPS) is 24.4. The number of benzene rings is 1. The summed E-state index contributed by atoms with van der Waals surface area (Å²) >= 11 is 0. The van der Waals surface area contributed by atoms with Crippen molar-refractivity contribution in [3.63, 3.8) is 0 Å². The summed E-state index contributed by atoms with van der Waals surface area (Å²) < 4.78 is 5.25. The van der Waals surface area contributed by atoms with Gasteiger partial charge < -0.3 is 10.1 Å². The van der Waals surface area contributed by atoms with Crippen molar-refractivity contribution in [2.75, 3.05) is 20.3 Å². The molecule has 1 aromatic carbocycles. The smallest absolute Gasteiger partial charge is 0.0465 e. The second-order valence-electron chi connectivity index (χ2n) is 6.16. The highest BCUT2D eigenvalue weighted by Crippen LogP contribution is 2.51. The molecule has 4 unspecified atom stereocenters. The van der Waals surface area contributed by atoms with E-state index in [1.165, 1.54) is 18.4 Å². The minimum absolute atomic E-state index is 0.635. The highest BCUT2D eigenvalue weighted by atomic mass is 16.5. The van der Waals surface area contributed by atoms with Crippen LogP contribution in [0.1, 0.15) is 44.6 Å². The summed E-state index contributed by atoms with van der Waals surface area (Å²) in [7, 11) is 1.80. The van der Waals surface area contributed by atoms with Gasteiger partial charge in [-0.1, -0.05) is 44.2 Å². The first-order chi connectivity index (χ1) is 9.77. The van der Waals surface area contributed by atoms with Crippen LogP contribution in [-0.2, 0) is 4.74 Å². The van der Waals surface area contributed by atoms with Crippen LogP contribution >= 0.6 is 0 Å². The van der Waals surface area contributed by atoms with Gasteiger partial charge in [-0.05, 0) is 49.1 Å². The number of methoxy groups -OCH3 is 1. The lowest BCUT2D eigenvalue weighted by molar-refractivity contribution is 0.166. The number of rotatable bonds is 9. The summed E-state index contributed by atoms with van der Waals surface area (Å²) in [5.74, 6) is 2.24. The number of nitrogens with one attached hydrogen (secondary N) is 1. The van der Waals surface area contributed by atoms with E-state index in [9.17, 15) is 0 Å². The van der Waals surface area contributed by atoms with E-state index in [4.69, 9.17) is 4.74 Å². The van der Waals surface area contributed by atoms with Gasteiger partial charge in [-0.3, -0.25) is 0 Å². The topological polar surface area (TPSA) is 21.3 Å². The molecule has 0 amide bonds. The van der Waals surface area contributed by atoms with Gasteiger partial charge in [0.2, 0.25) is 0 Å². The molecule has 2 heteroatoms. The van der Waals surface area contributed by atoms with Crippen molar-refractivity contribution >= 4 is 0 Å². The summed E-state index contributed by atoms with van der Waals surface area (Å²) in [5, 5.41) is 3.78. The van der Waals surface area contributed by atoms with Crippen LogP contribution in [0, 0.1) is 11.8 Å². The van der Waals surface area contributed by atoms with Gasteiger partial charge in [0, 0.05) is 19.8 Å². The van der Waals surface area contributed by atoms with Crippen molar-refractivity contribution in [3.05, 3.63) is 35.9 Å². The first kappa shape index (κ1) is 15.5. The second kappa shape index (κ2) is 7.80. The van der Waals surface area contributed by atoms with Gasteiger partial charge in [0.25, 0.3) is 0 Å². The Morgan fingerprint density at radius 1 is 1.30 bits per heavy atom. The van der Waals surface area contributed by atoms with Crippen molar-refractivity contribution in [3.8, 4) is 0 Å². The molecule has 0 saturated heterocycles. The predicted molar refractivity (Wildman–Crippen MR) is 85.0 cm³/mol. The van der Waals surface area contributed by atoms with Crippen LogP contribution in [0.15, 0.2) is 30.3 Å². The first-order valence-corrected chi connectivity index (χ1v) is 8.05. The summed E-state index contributed by atoms with van der Waals surface area (Å²) in [6, 6.07) is 11.6. The van der Waals surface area contributed by atoms with E-state index in [1.807, 2.05) is 0 Å². The van der Waals surface area contributed by atoms with E-state index in [-0.39, 0.29) is 0 Å². The van der Waals surface area contributed by atoms with Crippen LogP contribution in [0.25, 0.3) is 0 Å². The number of hydrogen-bond donors (Lipinski definition) is 1. The molecule has 0 heterocycles. The molecule has 1 N–H and O–H groups in total. The standard InChI is InChI=1S/C18H29NO/c1-4-11-19-18(14(2)10-12-20-3)17-13-16(17)15-8-6-5-7-9-15/h5-9,14,16-19H,4,10-13H2,1-3H3. The summed E-state index contributed by atoms with van der Waals surface area (Å²) in [6.45, 7) is 6.60. The van der Waals surface area contributed by atoms with Crippen LogP contribution in [0.4, 0.5) is 0 Å². The van der Waals surface area contributed by atoms with Gasteiger partial charge in [-0.15, -0.1) is 0 Å². The SMILES string of the molecule is CCCNC(C(C)CCOC)C1CC1c1ccccc1. The highest BCUT2D eigenvalue weighted by Gasteiger charge is 2.44. The van der Waals surface area contributed by atoms with E-state index in [1.54, 1.807) is 7.11 Å². The molecule has 1 aliphatic carbocycles. The van der Waals surface area contributed by atoms with E-state index in [0.717, 1.165) is 31.4 Å². The van der Waals surface area contributed by atoms with Crippen molar-refractivity contribution in [2.24, 2.45) is 11.8 Å². The summed E-state index contributed by atoms with van der Waals surface area (Å²) in [6.07, 6.45) is 3.69. The van der Waals surface area contributed by atoms with Crippen molar-refractivity contribution in [1.29, 1.82) is 0 Å². The molecular formula is C18H29NO. The van der Waals surface area contributed by atoms with E-state index < -0.39 is 0 Å². The Labute approximate surface area is 123 Å². The van der Waals surface area contributed by atoms with E-state index >= 15 is 0 Å². The lowest BCUT2D eigenvalue weighted by atomic mass is 9.92. The average molecular weight is 275 g/mol. The molecule has 1 fully saturated rings. The van der Waals surface area contributed by atoms with Gasteiger partial charge in [0.1, 0.15) is 0 Å². The molecule has 0 radical (unpaired) electrons. The van der Waals surface area contributed by atoms with E-state index in [0.29, 0.717) is 12.0 Å². The fourth-order valence-electron chi connectivity index (χ4n) is 3.26. The van der Waals surface area contributed by atoms with Gasteiger partial charge in [-0.25, -0.2) is 0 Å². The predicted octanol–water partition coefficient (Wildman–Crippen LogP) is 3.83. The van der Waals surface area contributed by atoms with Crippen molar-refractivity contribution in [1.82, 2.24) is 5.32 Å². The zero-order valence-corrected chi connectivity index (χ0v) is 13.1. The Hall–Kier alpha value is -0.860. The molecule has 1 aliphatic rings. The largest absolute Gasteiger partial charge is 0.385 e. The number of hydrogen-bond acceptors (Lipinski definition) is 2. The third-order valence-corrected chi connectivity index (χ3v) is 4.55. The van der Waals surface area contributed by atoms with Crippen LogP contribution in [-0.4, -0.2) is 26.3 Å². The van der Waals surface area contributed by atoms with Gasteiger partial charge in [0.15, 0.2) is 0 Å². The molecule has 0 aliphatic heterocycles. The first-order valence-electron chi connectivity index (χ1n) is 8.05. The zero-order chi connectivity index (χ0) is 14.4. The Kier molecular flexibility index (Phi) is 6.06. The molecule has 20 heavy (non-hydrogen) atoms. The molecule has 0 bridgehead atoms. The Bertz CT molecular complexity index is 378. The van der Waals surface area contributed by atoms with Gasteiger partial charge >= 0.3 is 0 Å². The van der Waals surface area contributed by atoms with Gasteiger partial charge in [0.05, 0.1) is 0 Å². The zero-order valence-electron chi connectivity index (χ0n) is 13.1. The Balaban J connectivity index is 1.94. The van der Waals surface area contributed by atoms with E-state index in [2.05, 4.69) is 49.5 Å². The molecule has 112 valence electrons. The fraction of sp³-hybridized carbons (Fsp3) is 0.667. The quantitative estimate of drug-likeness (QED) is 0.739. The maximum atomic E-state index is 5.25. The lowest BCUT2D eigenvalue weighted by Gasteiger charge is -2.26. The third kappa shape index (κ3) is 4.07. The minimum atomic E-state index is 0.635. The Morgan fingerprint density at radius 2 is 2.05 bits per heavy atom. The average Bonchev–Trinajstić information content (AvgIpc) is 3.27. The molecule has 1 saturated carbocycles. The third-order valence-electron chi connectivity index (χ3n) is 4.55. The lowest BCUT2D eigenvalue weighted by Crippen LogP contribution is -2.38. The summed E-state index contributed by atoms with van der Waals surface area (Å²) in [5.41, 5.74) is 1.51.